The molecule has 2 aromatic rings. The zero-order chi connectivity index (χ0) is 20.4. The molecule has 0 unspecified atom stereocenters. The zero-order valence-electron chi connectivity index (χ0n) is 16.5. The predicted octanol–water partition coefficient (Wildman–Crippen LogP) is 7.20. The summed E-state index contributed by atoms with van der Waals surface area (Å²) >= 11 is 14.8. The number of rotatable bonds is 6. The standard InChI is InChI=1S/C23H27Br2ClN2Si/c1-2-15-29(26)27(16-18-7-11-20(24)12-8-18)22-5-3-4-6-23(22)28(29)17-19-9-13-21(25)14-10-19/h2,7-14,22-23H,1,3-6,15-17H2/t22-,23-/m0/s1. The summed E-state index contributed by atoms with van der Waals surface area (Å²) in [5, 5.41) is 0. The van der Waals surface area contributed by atoms with Gasteiger partial charge in [0.1, 0.15) is 0 Å². The summed E-state index contributed by atoms with van der Waals surface area (Å²) in [5.74, 6) is 0. The lowest BCUT2D eigenvalue weighted by Crippen LogP contribution is -2.55. The van der Waals surface area contributed by atoms with E-state index in [9.17, 15) is 0 Å². The SMILES string of the molecule is C=CC[Si]1(Cl)N(Cc2ccc(Br)cc2)[C@H]2CCCC[C@@H]2N1Cc1ccc(Br)cc1. The van der Waals surface area contributed by atoms with Gasteiger partial charge in [-0.1, -0.05) is 75.0 Å². The first kappa shape index (κ1) is 21.8. The van der Waals surface area contributed by atoms with E-state index in [-0.39, 0.29) is 0 Å². The quantitative estimate of drug-likeness (QED) is 0.212. The predicted molar refractivity (Wildman–Crippen MR) is 132 cm³/mol. The summed E-state index contributed by atoms with van der Waals surface area (Å²) in [4.78, 5) is 0. The average molecular weight is 555 g/mol. The van der Waals surface area contributed by atoms with E-state index in [1.165, 1.54) is 36.8 Å². The van der Waals surface area contributed by atoms with E-state index in [1.807, 2.05) is 6.08 Å². The van der Waals surface area contributed by atoms with Crippen LogP contribution in [-0.4, -0.2) is 28.9 Å². The fourth-order valence-electron chi connectivity index (χ4n) is 4.96. The summed E-state index contributed by atoms with van der Waals surface area (Å²) in [6.07, 6.45) is 7.15. The summed E-state index contributed by atoms with van der Waals surface area (Å²) in [7, 11) is -2.37. The molecule has 1 saturated carbocycles. The van der Waals surface area contributed by atoms with Gasteiger partial charge in [-0.15, -0.1) is 17.7 Å². The third-order valence-electron chi connectivity index (χ3n) is 6.31. The smallest absolute Gasteiger partial charge is 0.291 e. The van der Waals surface area contributed by atoms with Crippen LogP contribution in [0.2, 0.25) is 6.04 Å². The van der Waals surface area contributed by atoms with E-state index >= 15 is 0 Å². The van der Waals surface area contributed by atoms with Crippen molar-refractivity contribution in [3.05, 3.63) is 81.3 Å². The molecular formula is C23H27Br2ClN2Si. The van der Waals surface area contributed by atoms with Crippen LogP contribution in [-0.2, 0) is 13.1 Å². The minimum Gasteiger partial charge on any atom is -0.291 e. The van der Waals surface area contributed by atoms with Crippen LogP contribution >= 0.6 is 42.9 Å². The molecule has 0 bridgehead atoms. The maximum absolute atomic E-state index is 7.64. The lowest BCUT2D eigenvalue weighted by atomic mass is 9.90. The van der Waals surface area contributed by atoms with Gasteiger partial charge in [-0.2, -0.15) is 0 Å². The third-order valence-corrected chi connectivity index (χ3v) is 12.7. The molecule has 1 aliphatic carbocycles. The van der Waals surface area contributed by atoms with Crippen molar-refractivity contribution in [1.29, 1.82) is 0 Å². The minimum atomic E-state index is -2.37. The Hall–Kier alpha value is -0.433. The molecule has 1 aliphatic heterocycles. The number of nitrogens with zero attached hydrogens (tertiary/aromatic N) is 2. The Bertz CT molecular complexity index is 779. The highest BCUT2D eigenvalue weighted by Crippen LogP contribution is 2.45. The van der Waals surface area contributed by atoms with Gasteiger partial charge in [0.25, 0.3) is 0 Å². The summed E-state index contributed by atoms with van der Waals surface area (Å²) in [6, 6.07) is 19.4. The van der Waals surface area contributed by atoms with E-state index in [0.717, 1.165) is 28.1 Å². The van der Waals surface area contributed by atoms with Crippen LogP contribution in [0.3, 0.4) is 0 Å². The van der Waals surface area contributed by atoms with Gasteiger partial charge in [-0.05, 0) is 48.2 Å². The van der Waals surface area contributed by atoms with E-state index < -0.39 is 7.71 Å². The van der Waals surface area contributed by atoms with Gasteiger partial charge in [0.15, 0.2) is 0 Å². The molecule has 2 atom stereocenters. The lowest BCUT2D eigenvalue weighted by Gasteiger charge is -2.37. The molecule has 0 radical (unpaired) electrons. The first-order valence-electron chi connectivity index (χ1n) is 10.3. The van der Waals surface area contributed by atoms with Gasteiger partial charge in [-0.3, -0.25) is 9.13 Å². The lowest BCUT2D eigenvalue weighted by molar-refractivity contribution is 0.197. The second kappa shape index (κ2) is 9.37. The maximum Gasteiger partial charge on any atom is 0.312 e. The van der Waals surface area contributed by atoms with Gasteiger partial charge >= 0.3 is 7.71 Å². The highest BCUT2D eigenvalue weighted by Gasteiger charge is 2.58. The van der Waals surface area contributed by atoms with Crippen molar-refractivity contribution in [2.75, 3.05) is 0 Å². The Balaban J connectivity index is 1.67. The molecule has 2 nitrogen and oxygen atoms in total. The first-order chi connectivity index (χ1) is 14.0. The van der Waals surface area contributed by atoms with Crippen LogP contribution in [0.1, 0.15) is 36.8 Å². The van der Waals surface area contributed by atoms with Crippen molar-refractivity contribution >= 4 is 50.6 Å². The van der Waals surface area contributed by atoms with Crippen molar-refractivity contribution in [3.8, 4) is 0 Å². The summed E-state index contributed by atoms with van der Waals surface area (Å²) < 4.78 is 7.61. The average Bonchev–Trinajstić information content (AvgIpc) is 2.94. The van der Waals surface area contributed by atoms with Crippen LogP contribution in [0, 0.1) is 0 Å². The Morgan fingerprint density at radius 3 is 1.66 bits per heavy atom. The normalized spacial score (nSPS) is 24.4. The first-order valence-corrected chi connectivity index (χ1v) is 15.0. The van der Waals surface area contributed by atoms with E-state index in [4.69, 9.17) is 11.1 Å². The number of allylic oxidation sites excluding steroid dienone is 1. The molecule has 0 N–H and O–H groups in total. The van der Waals surface area contributed by atoms with E-state index in [0.29, 0.717) is 12.1 Å². The minimum absolute atomic E-state index is 0.548. The Labute approximate surface area is 197 Å². The van der Waals surface area contributed by atoms with Crippen LogP contribution in [0.15, 0.2) is 70.1 Å². The molecule has 0 aromatic heterocycles. The molecule has 2 aliphatic rings. The van der Waals surface area contributed by atoms with Gasteiger partial charge in [0.05, 0.1) is 0 Å². The Morgan fingerprint density at radius 2 is 1.28 bits per heavy atom. The summed E-state index contributed by atoms with van der Waals surface area (Å²) in [5.41, 5.74) is 2.68. The number of hydrogen-bond acceptors (Lipinski definition) is 2. The molecule has 0 spiro atoms. The molecule has 29 heavy (non-hydrogen) atoms. The highest BCUT2D eigenvalue weighted by atomic mass is 79.9. The second-order valence-corrected chi connectivity index (χ2v) is 14.8. The molecule has 2 fully saturated rings. The van der Waals surface area contributed by atoms with Gasteiger partial charge in [0.2, 0.25) is 0 Å². The highest BCUT2D eigenvalue weighted by molar-refractivity contribution is 9.10. The molecule has 1 saturated heterocycles. The molecule has 154 valence electrons. The van der Waals surface area contributed by atoms with Gasteiger partial charge in [-0.25, -0.2) is 0 Å². The number of benzene rings is 2. The molecule has 2 aromatic carbocycles. The number of hydrogen-bond donors (Lipinski definition) is 0. The van der Waals surface area contributed by atoms with Crippen molar-refractivity contribution in [3.63, 3.8) is 0 Å². The van der Waals surface area contributed by atoms with Crippen LogP contribution < -0.4 is 0 Å². The Morgan fingerprint density at radius 1 is 0.862 bits per heavy atom. The van der Waals surface area contributed by atoms with E-state index in [2.05, 4.69) is 96.1 Å². The molecule has 0 amide bonds. The van der Waals surface area contributed by atoms with Crippen LogP contribution in [0.5, 0.6) is 0 Å². The monoisotopic (exact) mass is 552 g/mol. The van der Waals surface area contributed by atoms with Crippen molar-refractivity contribution in [2.24, 2.45) is 0 Å². The fraction of sp³-hybridized carbons (Fsp3) is 0.391. The van der Waals surface area contributed by atoms with E-state index in [1.54, 1.807) is 0 Å². The van der Waals surface area contributed by atoms with Crippen LogP contribution in [0.25, 0.3) is 0 Å². The molecule has 6 heteroatoms. The van der Waals surface area contributed by atoms with Gasteiger partial charge < -0.3 is 0 Å². The van der Waals surface area contributed by atoms with Crippen molar-refractivity contribution in [2.45, 2.75) is 56.9 Å². The molecule has 1 heterocycles. The Kier molecular flexibility index (Phi) is 7.04. The number of halogens is 3. The second-order valence-electron chi connectivity index (χ2n) is 8.14. The number of fused-ring (bicyclic) bond motifs is 1. The maximum atomic E-state index is 7.64. The van der Waals surface area contributed by atoms with Crippen LogP contribution in [0.4, 0.5) is 0 Å². The topological polar surface area (TPSA) is 6.48 Å². The summed E-state index contributed by atoms with van der Waals surface area (Å²) in [6.45, 7) is 5.93. The molecular weight excluding hydrogens is 528 g/mol. The van der Waals surface area contributed by atoms with Crippen molar-refractivity contribution in [1.82, 2.24) is 9.13 Å². The third kappa shape index (κ3) is 4.60. The fourth-order valence-corrected chi connectivity index (χ4v) is 10.6. The van der Waals surface area contributed by atoms with Gasteiger partial charge in [0, 0.05) is 40.2 Å². The molecule has 4 rings (SSSR count). The largest absolute Gasteiger partial charge is 0.312 e. The van der Waals surface area contributed by atoms with Crippen molar-refractivity contribution < 1.29 is 0 Å². The zero-order valence-corrected chi connectivity index (χ0v) is 21.5.